The van der Waals surface area contributed by atoms with E-state index in [1.165, 1.54) is 30.2 Å². The van der Waals surface area contributed by atoms with Gasteiger partial charge in [-0.15, -0.1) is 0 Å². The van der Waals surface area contributed by atoms with Crippen molar-refractivity contribution in [3.05, 3.63) is 100 Å². The topological polar surface area (TPSA) is 66.8 Å². The highest BCUT2D eigenvalue weighted by Crippen LogP contribution is 2.44. The first-order valence-corrected chi connectivity index (χ1v) is 11.4. The average molecular weight is 474 g/mol. The zero-order chi connectivity index (χ0) is 25.5. The molecule has 4 rings (SSSR count). The number of carbonyl (C=O) groups is 2. The molecular weight excluding hydrogens is 445 g/mol. The molecule has 0 spiro atoms. The van der Waals surface area contributed by atoms with Gasteiger partial charge in [0.2, 0.25) is 0 Å². The van der Waals surface area contributed by atoms with Crippen molar-refractivity contribution in [1.29, 1.82) is 0 Å². The van der Waals surface area contributed by atoms with E-state index in [0.717, 1.165) is 11.1 Å². The van der Waals surface area contributed by atoms with Gasteiger partial charge in [0.25, 0.3) is 11.7 Å². The summed E-state index contributed by atoms with van der Waals surface area (Å²) in [6.07, 6.45) is 0. The number of halogens is 1. The number of ketones is 1. The molecule has 180 valence electrons. The van der Waals surface area contributed by atoms with Gasteiger partial charge < -0.3 is 9.84 Å². The second kappa shape index (κ2) is 9.02. The van der Waals surface area contributed by atoms with Crippen molar-refractivity contribution in [2.75, 3.05) is 12.0 Å². The number of carbonyl (C=O) groups excluding carboxylic acids is 2. The van der Waals surface area contributed by atoms with Crippen LogP contribution in [0.25, 0.3) is 5.76 Å². The Morgan fingerprint density at radius 2 is 1.66 bits per heavy atom. The van der Waals surface area contributed by atoms with Gasteiger partial charge in [-0.3, -0.25) is 14.5 Å². The molecule has 1 fully saturated rings. The Bertz CT molecular complexity index is 1340. The molecular formula is C29H28FNO4. The third-order valence-corrected chi connectivity index (χ3v) is 6.28. The lowest BCUT2D eigenvalue weighted by Gasteiger charge is -2.26. The molecule has 6 heteroatoms. The molecule has 1 heterocycles. The Hall–Kier alpha value is -3.93. The number of ether oxygens (including phenoxy) is 1. The van der Waals surface area contributed by atoms with Crippen LogP contribution in [0.15, 0.2) is 72.3 Å². The van der Waals surface area contributed by atoms with E-state index in [4.69, 9.17) is 4.74 Å². The number of Topliss-reactive ketones (excluding diaryl/α,β-unsaturated/α-hetero) is 1. The molecule has 3 aromatic rings. The molecule has 0 bridgehead atoms. The van der Waals surface area contributed by atoms with Crippen LogP contribution >= 0.6 is 0 Å². The van der Waals surface area contributed by atoms with E-state index in [0.29, 0.717) is 11.4 Å². The monoisotopic (exact) mass is 473 g/mol. The van der Waals surface area contributed by atoms with E-state index in [2.05, 4.69) is 0 Å². The van der Waals surface area contributed by atoms with E-state index in [1.807, 2.05) is 45.9 Å². The van der Waals surface area contributed by atoms with Crippen molar-refractivity contribution in [1.82, 2.24) is 0 Å². The van der Waals surface area contributed by atoms with Crippen molar-refractivity contribution < 1.29 is 23.8 Å². The number of aliphatic hydroxyl groups is 1. The van der Waals surface area contributed by atoms with Crippen LogP contribution in [0.5, 0.6) is 5.75 Å². The summed E-state index contributed by atoms with van der Waals surface area (Å²) in [4.78, 5) is 27.9. The highest BCUT2D eigenvalue weighted by atomic mass is 19.1. The fourth-order valence-corrected chi connectivity index (χ4v) is 4.30. The smallest absolute Gasteiger partial charge is 0.300 e. The minimum absolute atomic E-state index is 0.111. The number of aryl methyl sites for hydroxylation is 1. The Morgan fingerprint density at radius 1 is 1.00 bits per heavy atom. The lowest BCUT2D eigenvalue weighted by molar-refractivity contribution is -0.132. The summed E-state index contributed by atoms with van der Waals surface area (Å²) in [7, 11) is 1.46. The van der Waals surface area contributed by atoms with Crippen LogP contribution in [0.2, 0.25) is 0 Å². The number of nitrogens with zero attached hydrogens (tertiary/aromatic N) is 1. The minimum atomic E-state index is -1.15. The SMILES string of the molecule is COc1ccc(C(C)(C)C)cc1/C(O)=C1\C(=O)C(=O)N(c2ccc(C)cc2)C1c1ccccc1F. The maximum absolute atomic E-state index is 15.1. The maximum Gasteiger partial charge on any atom is 0.300 e. The van der Waals surface area contributed by atoms with E-state index >= 15 is 4.39 Å². The second-order valence-electron chi connectivity index (χ2n) is 9.69. The Balaban J connectivity index is 2.01. The van der Waals surface area contributed by atoms with E-state index in [-0.39, 0.29) is 22.1 Å². The normalized spacial score (nSPS) is 17.7. The van der Waals surface area contributed by atoms with Crippen LogP contribution in [0.3, 0.4) is 0 Å². The zero-order valence-electron chi connectivity index (χ0n) is 20.4. The Kier molecular flexibility index (Phi) is 6.24. The summed E-state index contributed by atoms with van der Waals surface area (Å²) in [5.41, 5.74) is 2.24. The summed E-state index contributed by atoms with van der Waals surface area (Å²) in [5, 5.41) is 11.5. The number of methoxy groups -OCH3 is 1. The van der Waals surface area contributed by atoms with Gasteiger partial charge in [0.05, 0.1) is 24.3 Å². The van der Waals surface area contributed by atoms with Gasteiger partial charge in [0.15, 0.2) is 0 Å². The Labute approximate surface area is 204 Å². The predicted molar refractivity (Wildman–Crippen MR) is 134 cm³/mol. The Morgan fingerprint density at radius 3 is 2.26 bits per heavy atom. The van der Waals surface area contributed by atoms with Crippen molar-refractivity contribution >= 4 is 23.1 Å². The number of anilines is 1. The molecule has 35 heavy (non-hydrogen) atoms. The zero-order valence-corrected chi connectivity index (χ0v) is 20.4. The summed E-state index contributed by atoms with van der Waals surface area (Å²) >= 11 is 0. The standard InChI is InChI=1S/C29H28FNO4/c1-17-10-13-19(14-11-17)31-25(20-8-6-7-9-22(20)30)24(27(33)28(31)34)26(32)21-16-18(29(2,3)4)12-15-23(21)35-5/h6-16,25,32H,1-5H3/b26-24+. The molecule has 1 aliphatic heterocycles. The largest absolute Gasteiger partial charge is 0.507 e. The quantitative estimate of drug-likeness (QED) is 0.284. The molecule has 1 saturated heterocycles. The van der Waals surface area contributed by atoms with Gasteiger partial charge in [-0.25, -0.2) is 4.39 Å². The molecule has 1 aliphatic rings. The van der Waals surface area contributed by atoms with Gasteiger partial charge in [-0.2, -0.15) is 0 Å². The number of hydrogen-bond acceptors (Lipinski definition) is 4. The number of amides is 1. The van der Waals surface area contributed by atoms with Gasteiger partial charge in [-0.1, -0.05) is 62.7 Å². The molecule has 0 saturated carbocycles. The number of aliphatic hydroxyl groups excluding tert-OH is 1. The van der Waals surface area contributed by atoms with Crippen LogP contribution in [0.4, 0.5) is 10.1 Å². The van der Waals surface area contributed by atoms with Crippen LogP contribution in [0.1, 0.15) is 49.1 Å². The van der Waals surface area contributed by atoms with Crippen molar-refractivity contribution in [3.63, 3.8) is 0 Å². The summed E-state index contributed by atoms with van der Waals surface area (Å²) in [6.45, 7) is 7.97. The predicted octanol–water partition coefficient (Wildman–Crippen LogP) is 6.07. The second-order valence-corrected chi connectivity index (χ2v) is 9.69. The van der Waals surface area contributed by atoms with Crippen LogP contribution in [0, 0.1) is 12.7 Å². The number of benzene rings is 3. The molecule has 0 aliphatic carbocycles. The van der Waals surface area contributed by atoms with E-state index in [1.54, 1.807) is 30.3 Å². The lowest BCUT2D eigenvalue weighted by Crippen LogP contribution is -2.29. The van der Waals surface area contributed by atoms with E-state index < -0.39 is 29.3 Å². The lowest BCUT2D eigenvalue weighted by atomic mass is 9.85. The molecule has 3 aromatic carbocycles. The first-order valence-electron chi connectivity index (χ1n) is 11.4. The first-order chi connectivity index (χ1) is 16.5. The highest BCUT2D eigenvalue weighted by molar-refractivity contribution is 6.51. The highest BCUT2D eigenvalue weighted by Gasteiger charge is 2.48. The fourth-order valence-electron chi connectivity index (χ4n) is 4.30. The van der Waals surface area contributed by atoms with Gasteiger partial charge in [0.1, 0.15) is 17.3 Å². The summed E-state index contributed by atoms with van der Waals surface area (Å²) in [5.74, 6) is -2.38. The molecule has 1 atom stereocenters. The van der Waals surface area contributed by atoms with E-state index in [9.17, 15) is 14.7 Å². The third kappa shape index (κ3) is 4.32. The molecule has 1 amide bonds. The van der Waals surface area contributed by atoms with Crippen LogP contribution in [-0.4, -0.2) is 23.9 Å². The molecule has 0 aromatic heterocycles. The molecule has 1 unspecified atom stereocenters. The molecule has 5 nitrogen and oxygen atoms in total. The minimum Gasteiger partial charge on any atom is -0.507 e. The molecule has 1 N–H and O–H groups in total. The van der Waals surface area contributed by atoms with Gasteiger partial charge in [0, 0.05) is 11.3 Å². The number of rotatable bonds is 4. The molecule has 0 radical (unpaired) electrons. The fraction of sp³-hybridized carbons (Fsp3) is 0.241. The third-order valence-electron chi connectivity index (χ3n) is 6.28. The van der Waals surface area contributed by atoms with Crippen molar-refractivity contribution in [2.45, 2.75) is 39.2 Å². The maximum atomic E-state index is 15.1. The number of hydrogen-bond donors (Lipinski definition) is 1. The van der Waals surface area contributed by atoms with Gasteiger partial charge in [-0.05, 0) is 48.2 Å². The average Bonchev–Trinajstić information content (AvgIpc) is 3.08. The van der Waals surface area contributed by atoms with Crippen LogP contribution < -0.4 is 9.64 Å². The van der Waals surface area contributed by atoms with Gasteiger partial charge >= 0.3 is 0 Å². The summed E-state index contributed by atoms with van der Waals surface area (Å²) in [6, 6.07) is 17.2. The first kappa shape index (κ1) is 24.2. The summed E-state index contributed by atoms with van der Waals surface area (Å²) < 4.78 is 20.5. The van der Waals surface area contributed by atoms with Crippen molar-refractivity contribution in [2.24, 2.45) is 0 Å². The van der Waals surface area contributed by atoms with Crippen molar-refractivity contribution in [3.8, 4) is 5.75 Å². The van der Waals surface area contributed by atoms with Crippen LogP contribution in [-0.2, 0) is 15.0 Å².